The second-order valence-corrected chi connectivity index (χ2v) is 2.23. The zero-order chi connectivity index (χ0) is 8.41. The van der Waals surface area contributed by atoms with Crippen molar-refractivity contribution in [3.8, 4) is 0 Å². The van der Waals surface area contributed by atoms with Crippen LogP contribution in [-0.4, -0.2) is 25.4 Å². The van der Waals surface area contributed by atoms with E-state index in [0.717, 1.165) is 0 Å². The van der Waals surface area contributed by atoms with Crippen molar-refractivity contribution in [1.29, 1.82) is 0 Å². The molecule has 0 aromatic carbocycles. The molecule has 10 heavy (non-hydrogen) atoms. The van der Waals surface area contributed by atoms with E-state index in [9.17, 15) is 17.6 Å². The van der Waals surface area contributed by atoms with Gasteiger partial charge in [0.1, 0.15) is 0 Å². The van der Waals surface area contributed by atoms with Gasteiger partial charge in [0.05, 0.1) is 0 Å². The van der Waals surface area contributed by atoms with Gasteiger partial charge in [0.15, 0.2) is 0 Å². The summed E-state index contributed by atoms with van der Waals surface area (Å²) >= 11 is 0. The zero-order valence-electron chi connectivity index (χ0n) is 5.72. The standard InChI is InChI=1S/C5H9F4N/c1-4(6,3-10-2)5(7,8)9/h10H,3H2,1-2H3. The summed E-state index contributed by atoms with van der Waals surface area (Å²) in [7, 11) is 1.27. The number of halogens is 4. The highest BCUT2D eigenvalue weighted by molar-refractivity contribution is 4.83. The van der Waals surface area contributed by atoms with Crippen LogP contribution < -0.4 is 5.32 Å². The lowest BCUT2D eigenvalue weighted by Gasteiger charge is -2.22. The van der Waals surface area contributed by atoms with Crippen LogP contribution in [-0.2, 0) is 0 Å². The van der Waals surface area contributed by atoms with Crippen LogP contribution in [0, 0.1) is 0 Å². The van der Waals surface area contributed by atoms with Crippen LogP contribution in [0.15, 0.2) is 0 Å². The van der Waals surface area contributed by atoms with Crippen molar-refractivity contribution < 1.29 is 17.6 Å². The second kappa shape index (κ2) is 2.74. The van der Waals surface area contributed by atoms with Crippen LogP contribution in [0.5, 0.6) is 0 Å². The maximum absolute atomic E-state index is 12.4. The molecule has 5 heteroatoms. The van der Waals surface area contributed by atoms with E-state index in [-0.39, 0.29) is 0 Å². The summed E-state index contributed by atoms with van der Waals surface area (Å²) in [4.78, 5) is 0. The van der Waals surface area contributed by atoms with Crippen molar-refractivity contribution in [2.75, 3.05) is 13.6 Å². The molecular weight excluding hydrogens is 150 g/mol. The van der Waals surface area contributed by atoms with Gasteiger partial charge in [-0.1, -0.05) is 0 Å². The van der Waals surface area contributed by atoms with Gasteiger partial charge in [-0.2, -0.15) is 13.2 Å². The van der Waals surface area contributed by atoms with Gasteiger partial charge in [0.25, 0.3) is 0 Å². The molecule has 1 unspecified atom stereocenters. The van der Waals surface area contributed by atoms with Crippen LogP contribution in [0.3, 0.4) is 0 Å². The summed E-state index contributed by atoms with van der Waals surface area (Å²) in [6.45, 7) is -0.208. The van der Waals surface area contributed by atoms with Gasteiger partial charge in [-0.15, -0.1) is 0 Å². The molecule has 1 N–H and O–H groups in total. The molecule has 0 aliphatic carbocycles. The van der Waals surface area contributed by atoms with Crippen LogP contribution >= 0.6 is 0 Å². The third kappa shape index (κ3) is 2.13. The predicted octanol–water partition coefficient (Wildman–Crippen LogP) is 1.50. The minimum Gasteiger partial charge on any atom is -0.316 e. The molecule has 0 bridgehead atoms. The Hall–Kier alpha value is -0.320. The Labute approximate surface area is 56.4 Å². The third-order valence-electron chi connectivity index (χ3n) is 1.10. The molecule has 62 valence electrons. The fraction of sp³-hybridized carbons (Fsp3) is 1.00. The first-order valence-corrected chi connectivity index (χ1v) is 2.71. The van der Waals surface area contributed by atoms with Crippen molar-refractivity contribution in [2.45, 2.75) is 18.8 Å². The highest BCUT2D eigenvalue weighted by atomic mass is 19.4. The zero-order valence-corrected chi connectivity index (χ0v) is 5.72. The topological polar surface area (TPSA) is 12.0 Å². The molecule has 1 nitrogen and oxygen atoms in total. The average Bonchev–Trinajstić information content (AvgIpc) is 1.61. The Kier molecular flexibility index (Phi) is 2.65. The molecule has 0 rings (SSSR count). The van der Waals surface area contributed by atoms with E-state index < -0.39 is 18.4 Å². The lowest BCUT2D eigenvalue weighted by atomic mass is 10.1. The summed E-state index contributed by atoms with van der Waals surface area (Å²) < 4.78 is 47.2. The van der Waals surface area contributed by atoms with Gasteiger partial charge in [-0.05, 0) is 14.0 Å². The summed E-state index contributed by atoms with van der Waals surface area (Å²) in [5.41, 5.74) is -3.12. The molecule has 0 radical (unpaired) electrons. The molecule has 0 heterocycles. The average molecular weight is 159 g/mol. The van der Waals surface area contributed by atoms with Gasteiger partial charge in [0.2, 0.25) is 5.67 Å². The highest BCUT2D eigenvalue weighted by Gasteiger charge is 2.51. The normalized spacial score (nSPS) is 18.6. The van der Waals surface area contributed by atoms with Gasteiger partial charge in [-0.25, -0.2) is 4.39 Å². The second-order valence-electron chi connectivity index (χ2n) is 2.23. The molecular formula is C5H9F4N. The van der Waals surface area contributed by atoms with Crippen molar-refractivity contribution in [3.63, 3.8) is 0 Å². The Bertz CT molecular complexity index is 107. The molecule has 1 atom stereocenters. The highest BCUT2D eigenvalue weighted by Crippen LogP contribution is 2.32. The van der Waals surface area contributed by atoms with Crippen LogP contribution in [0.25, 0.3) is 0 Å². The molecule has 0 spiro atoms. The van der Waals surface area contributed by atoms with E-state index in [1.807, 2.05) is 0 Å². The molecule has 0 aliphatic heterocycles. The molecule has 0 saturated heterocycles. The predicted molar refractivity (Wildman–Crippen MR) is 29.5 cm³/mol. The minimum atomic E-state index is -4.78. The van der Waals surface area contributed by atoms with E-state index in [2.05, 4.69) is 5.32 Å². The van der Waals surface area contributed by atoms with Gasteiger partial charge in [-0.3, -0.25) is 0 Å². The first-order chi connectivity index (χ1) is 4.31. The fourth-order valence-corrected chi connectivity index (χ4v) is 0.432. The summed E-state index contributed by atoms with van der Waals surface area (Å²) in [5.74, 6) is 0. The Morgan fingerprint density at radius 1 is 1.20 bits per heavy atom. The Balaban J connectivity index is 4.10. The van der Waals surface area contributed by atoms with Crippen molar-refractivity contribution in [2.24, 2.45) is 0 Å². The number of hydrogen-bond acceptors (Lipinski definition) is 1. The third-order valence-corrected chi connectivity index (χ3v) is 1.10. The van der Waals surface area contributed by atoms with E-state index in [0.29, 0.717) is 6.92 Å². The van der Waals surface area contributed by atoms with Crippen molar-refractivity contribution >= 4 is 0 Å². The van der Waals surface area contributed by atoms with Crippen LogP contribution in [0.1, 0.15) is 6.92 Å². The Morgan fingerprint density at radius 2 is 1.60 bits per heavy atom. The SMILES string of the molecule is CNCC(C)(F)C(F)(F)F. The lowest BCUT2D eigenvalue weighted by molar-refractivity contribution is -0.221. The maximum atomic E-state index is 12.4. The molecule has 0 aromatic heterocycles. The van der Waals surface area contributed by atoms with Gasteiger partial charge in [0, 0.05) is 6.54 Å². The summed E-state index contributed by atoms with van der Waals surface area (Å²) in [5, 5.41) is 2.12. The van der Waals surface area contributed by atoms with E-state index in [1.54, 1.807) is 0 Å². The van der Waals surface area contributed by atoms with E-state index >= 15 is 0 Å². The molecule has 0 fully saturated rings. The summed E-state index contributed by atoms with van der Waals surface area (Å²) in [6.07, 6.45) is -4.78. The molecule has 0 aromatic rings. The van der Waals surface area contributed by atoms with Crippen molar-refractivity contribution in [1.82, 2.24) is 5.32 Å². The van der Waals surface area contributed by atoms with E-state index in [4.69, 9.17) is 0 Å². The van der Waals surface area contributed by atoms with Crippen molar-refractivity contribution in [3.05, 3.63) is 0 Å². The Morgan fingerprint density at radius 3 is 1.70 bits per heavy atom. The first-order valence-electron chi connectivity index (χ1n) is 2.71. The molecule has 0 aliphatic rings. The van der Waals surface area contributed by atoms with Crippen LogP contribution in [0.4, 0.5) is 17.6 Å². The van der Waals surface area contributed by atoms with Gasteiger partial charge >= 0.3 is 6.18 Å². The summed E-state index contributed by atoms with van der Waals surface area (Å²) in [6, 6.07) is 0. The van der Waals surface area contributed by atoms with Crippen LogP contribution in [0.2, 0.25) is 0 Å². The first kappa shape index (κ1) is 9.68. The number of alkyl halides is 4. The molecule has 0 amide bonds. The maximum Gasteiger partial charge on any atom is 0.423 e. The fourth-order valence-electron chi connectivity index (χ4n) is 0.432. The quantitative estimate of drug-likeness (QED) is 0.602. The number of nitrogens with one attached hydrogen (secondary N) is 1. The monoisotopic (exact) mass is 159 g/mol. The lowest BCUT2D eigenvalue weighted by Crippen LogP contribution is -2.45. The number of rotatable bonds is 2. The minimum absolute atomic E-state index is 0.503. The van der Waals surface area contributed by atoms with E-state index in [1.165, 1.54) is 7.05 Å². The largest absolute Gasteiger partial charge is 0.423 e. The smallest absolute Gasteiger partial charge is 0.316 e. The molecule has 0 saturated carbocycles. The van der Waals surface area contributed by atoms with Gasteiger partial charge < -0.3 is 5.32 Å². The number of hydrogen-bond donors (Lipinski definition) is 1.